The van der Waals surface area contributed by atoms with Gasteiger partial charge in [0.05, 0.1) is 0 Å². The number of benzene rings is 4. The molecule has 4 rings (SSSR count). The highest BCUT2D eigenvalue weighted by Gasteiger charge is 2.25. The Labute approximate surface area is 177 Å². The zero-order chi connectivity index (χ0) is 21.8. The second-order valence-corrected chi connectivity index (χ2v) is 7.06. The van der Waals surface area contributed by atoms with Gasteiger partial charge in [0, 0.05) is 0 Å². The summed E-state index contributed by atoms with van der Waals surface area (Å²) >= 11 is 0. The van der Waals surface area contributed by atoms with Crippen molar-refractivity contribution in [3.05, 3.63) is 143 Å². The monoisotopic (exact) mass is 422 g/mol. The highest BCUT2D eigenvalue weighted by molar-refractivity contribution is 5.34. The van der Waals surface area contributed by atoms with Gasteiger partial charge >= 0.3 is 0 Å². The maximum atomic E-state index is 14.0. The van der Waals surface area contributed by atoms with Crippen molar-refractivity contribution < 1.29 is 22.3 Å². The van der Waals surface area contributed by atoms with Crippen LogP contribution in [0.25, 0.3) is 0 Å². The van der Waals surface area contributed by atoms with E-state index in [2.05, 4.69) is 0 Å². The second kappa shape index (κ2) is 9.14. The molecule has 0 aliphatic carbocycles. The molecule has 0 spiro atoms. The third-order valence-electron chi connectivity index (χ3n) is 4.97. The lowest BCUT2D eigenvalue weighted by molar-refractivity contribution is 0.0304. The zero-order valence-electron chi connectivity index (χ0n) is 16.3. The number of hydrogen-bond acceptors (Lipinski definition) is 1. The topological polar surface area (TPSA) is 9.23 Å². The summed E-state index contributed by atoms with van der Waals surface area (Å²) in [7, 11) is 0. The fourth-order valence-corrected chi connectivity index (χ4v) is 3.44. The summed E-state index contributed by atoms with van der Waals surface area (Å²) < 4.78 is 61.5. The van der Waals surface area contributed by atoms with E-state index in [-0.39, 0.29) is 0 Å². The molecule has 2 atom stereocenters. The maximum absolute atomic E-state index is 14.0. The molecule has 0 heterocycles. The quantitative estimate of drug-likeness (QED) is 0.300. The summed E-state index contributed by atoms with van der Waals surface area (Å²) in [5, 5.41) is 0. The average molecular weight is 422 g/mol. The smallest absolute Gasteiger partial charge is 0.159 e. The van der Waals surface area contributed by atoms with Gasteiger partial charge in [-0.2, -0.15) is 0 Å². The van der Waals surface area contributed by atoms with Crippen LogP contribution in [0, 0.1) is 23.3 Å². The van der Waals surface area contributed by atoms with Gasteiger partial charge in [-0.15, -0.1) is 0 Å². The molecule has 1 nitrogen and oxygen atoms in total. The molecule has 0 N–H and O–H groups in total. The van der Waals surface area contributed by atoms with E-state index < -0.39 is 35.5 Å². The van der Waals surface area contributed by atoms with Crippen molar-refractivity contribution in [1.82, 2.24) is 0 Å². The third kappa shape index (κ3) is 4.67. The molecule has 0 aliphatic rings. The van der Waals surface area contributed by atoms with E-state index in [1.165, 1.54) is 12.1 Å². The molecule has 0 aromatic heterocycles. The lowest BCUT2D eigenvalue weighted by atomic mass is 9.97. The van der Waals surface area contributed by atoms with Crippen LogP contribution in [-0.4, -0.2) is 0 Å². The van der Waals surface area contributed by atoms with Crippen LogP contribution < -0.4 is 0 Å². The first kappa shape index (κ1) is 20.8. The zero-order valence-corrected chi connectivity index (χ0v) is 16.3. The number of ether oxygens (including phenoxy) is 1. The van der Waals surface area contributed by atoms with E-state index in [9.17, 15) is 17.6 Å². The lowest BCUT2D eigenvalue weighted by Gasteiger charge is -2.27. The Morgan fingerprint density at radius 2 is 0.806 bits per heavy atom. The normalized spacial score (nSPS) is 13.0. The summed E-state index contributed by atoms with van der Waals surface area (Å²) in [6, 6.07) is 25.2. The van der Waals surface area contributed by atoms with Crippen LogP contribution in [0.15, 0.2) is 97.1 Å². The molecule has 0 amide bonds. The van der Waals surface area contributed by atoms with Crippen molar-refractivity contribution in [2.75, 3.05) is 0 Å². The summed E-state index contributed by atoms with van der Waals surface area (Å²) in [4.78, 5) is 0. The first-order chi connectivity index (χ1) is 15.0. The summed E-state index contributed by atoms with van der Waals surface area (Å²) in [5.41, 5.74) is 2.20. The highest BCUT2D eigenvalue weighted by Crippen LogP contribution is 2.36. The SMILES string of the molecule is Fc1ccc(C(OC(c2ccccc2)c2ccc(F)c(F)c2)c2ccccc2)cc1F. The van der Waals surface area contributed by atoms with Gasteiger partial charge in [-0.1, -0.05) is 72.8 Å². The van der Waals surface area contributed by atoms with Crippen molar-refractivity contribution in [1.29, 1.82) is 0 Å². The molecule has 4 aromatic carbocycles. The maximum Gasteiger partial charge on any atom is 0.159 e. The molecular formula is C26H18F4O. The van der Waals surface area contributed by atoms with Gasteiger partial charge < -0.3 is 4.74 Å². The fraction of sp³-hybridized carbons (Fsp3) is 0.0769. The molecule has 0 radical (unpaired) electrons. The Balaban J connectivity index is 1.82. The van der Waals surface area contributed by atoms with Crippen molar-refractivity contribution in [2.24, 2.45) is 0 Å². The molecule has 5 heteroatoms. The van der Waals surface area contributed by atoms with Gasteiger partial charge in [0.15, 0.2) is 23.3 Å². The highest BCUT2D eigenvalue weighted by atomic mass is 19.2. The number of hydrogen-bond donors (Lipinski definition) is 0. The van der Waals surface area contributed by atoms with E-state index in [0.29, 0.717) is 22.3 Å². The van der Waals surface area contributed by atoms with Crippen LogP contribution in [0.2, 0.25) is 0 Å². The molecule has 156 valence electrons. The molecule has 0 saturated heterocycles. The van der Waals surface area contributed by atoms with Crippen molar-refractivity contribution in [3.8, 4) is 0 Å². The molecule has 4 aromatic rings. The number of rotatable bonds is 6. The van der Waals surface area contributed by atoms with E-state index in [1.54, 1.807) is 48.5 Å². The van der Waals surface area contributed by atoms with Crippen molar-refractivity contribution in [3.63, 3.8) is 0 Å². The molecule has 0 aliphatic heterocycles. The minimum atomic E-state index is -0.994. The van der Waals surface area contributed by atoms with Crippen LogP contribution in [0.4, 0.5) is 17.6 Å². The lowest BCUT2D eigenvalue weighted by Crippen LogP contribution is -2.14. The van der Waals surface area contributed by atoms with Gasteiger partial charge in [0.25, 0.3) is 0 Å². The van der Waals surface area contributed by atoms with Gasteiger partial charge in [-0.25, -0.2) is 17.6 Å². The Morgan fingerprint density at radius 3 is 1.16 bits per heavy atom. The van der Waals surface area contributed by atoms with E-state index in [4.69, 9.17) is 4.74 Å². The van der Waals surface area contributed by atoms with E-state index in [1.807, 2.05) is 12.1 Å². The number of halogens is 4. The van der Waals surface area contributed by atoms with Crippen LogP contribution in [0.1, 0.15) is 34.5 Å². The van der Waals surface area contributed by atoms with Gasteiger partial charge in [-0.05, 0) is 46.5 Å². The standard InChI is InChI=1S/C26H18F4O/c27-21-13-11-19(15-23(21)29)25(17-7-3-1-4-8-17)31-26(18-9-5-2-6-10-18)20-12-14-22(28)24(30)16-20/h1-16,25-26H. The third-order valence-corrected chi connectivity index (χ3v) is 4.97. The molecule has 0 fully saturated rings. The van der Waals surface area contributed by atoms with Gasteiger partial charge in [-0.3, -0.25) is 0 Å². The summed E-state index contributed by atoms with van der Waals surface area (Å²) in [6.07, 6.45) is -1.57. The molecular weight excluding hydrogens is 404 g/mol. The molecule has 0 bridgehead atoms. The van der Waals surface area contributed by atoms with Crippen LogP contribution in [0.5, 0.6) is 0 Å². The fourth-order valence-electron chi connectivity index (χ4n) is 3.44. The van der Waals surface area contributed by atoms with Crippen LogP contribution in [0.3, 0.4) is 0 Å². The van der Waals surface area contributed by atoms with Crippen LogP contribution in [-0.2, 0) is 4.74 Å². The average Bonchev–Trinajstić information content (AvgIpc) is 2.80. The first-order valence-corrected chi connectivity index (χ1v) is 9.68. The molecule has 0 saturated carbocycles. The minimum absolute atomic E-state index is 0.397. The first-order valence-electron chi connectivity index (χ1n) is 9.68. The van der Waals surface area contributed by atoms with Gasteiger partial charge in [0.1, 0.15) is 12.2 Å². The summed E-state index contributed by atoms with van der Waals surface area (Å²) in [5.74, 6) is -3.91. The molecule has 2 unspecified atom stereocenters. The van der Waals surface area contributed by atoms with Crippen molar-refractivity contribution in [2.45, 2.75) is 12.2 Å². The van der Waals surface area contributed by atoms with Crippen molar-refractivity contribution >= 4 is 0 Å². The second-order valence-electron chi connectivity index (χ2n) is 7.06. The summed E-state index contributed by atoms with van der Waals surface area (Å²) in [6.45, 7) is 0. The van der Waals surface area contributed by atoms with Gasteiger partial charge in [0.2, 0.25) is 0 Å². The largest absolute Gasteiger partial charge is 0.356 e. The predicted octanol–water partition coefficient (Wildman–Crippen LogP) is 7.14. The Bertz CT molecular complexity index is 1070. The molecule has 31 heavy (non-hydrogen) atoms. The van der Waals surface area contributed by atoms with E-state index in [0.717, 1.165) is 24.3 Å². The minimum Gasteiger partial charge on any atom is -0.356 e. The Morgan fingerprint density at radius 1 is 0.419 bits per heavy atom. The Hall–Kier alpha value is -3.44. The Kier molecular flexibility index (Phi) is 6.14. The predicted molar refractivity (Wildman–Crippen MR) is 110 cm³/mol. The van der Waals surface area contributed by atoms with Crippen LogP contribution >= 0.6 is 0 Å². The van der Waals surface area contributed by atoms with E-state index >= 15 is 0 Å².